The molecule has 2 aromatic carbocycles. The molecule has 0 atom stereocenters. The predicted molar refractivity (Wildman–Crippen MR) is 115 cm³/mol. The number of ether oxygens (including phenoxy) is 1. The van der Waals surface area contributed by atoms with E-state index in [1.165, 1.54) is 5.56 Å². The zero-order valence-electron chi connectivity index (χ0n) is 16.9. The van der Waals surface area contributed by atoms with Crippen molar-refractivity contribution < 1.29 is 9.53 Å². The van der Waals surface area contributed by atoms with Gasteiger partial charge in [-0.15, -0.1) is 0 Å². The lowest BCUT2D eigenvalue weighted by Crippen LogP contribution is -2.49. The minimum Gasteiger partial charge on any atom is -0.483 e. The molecular formula is C24H30N2O2. The topological polar surface area (TPSA) is 32.8 Å². The number of hydrogen-bond donors (Lipinski definition) is 0. The molecule has 0 aliphatic carbocycles. The van der Waals surface area contributed by atoms with E-state index in [0.29, 0.717) is 5.92 Å². The van der Waals surface area contributed by atoms with E-state index in [-0.39, 0.29) is 12.5 Å². The lowest BCUT2D eigenvalue weighted by atomic mass is 10.0. The van der Waals surface area contributed by atoms with Gasteiger partial charge in [0.2, 0.25) is 0 Å². The molecule has 28 heavy (non-hydrogen) atoms. The quantitative estimate of drug-likeness (QED) is 0.729. The van der Waals surface area contributed by atoms with Gasteiger partial charge in [-0.1, -0.05) is 74.5 Å². The van der Waals surface area contributed by atoms with Crippen LogP contribution in [0.5, 0.6) is 5.75 Å². The van der Waals surface area contributed by atoms with Crippen LogP contribution in [0.3, 0.4) is 0 Å². The Hall–Kier alpha value is -2.59. The van der Waals surface area contributed by atoms with Gasteiger partial charge in [-0.2, -0.15) is 0 Å². The zero-order valence-corrected chi connectivity index (χ0v) is 16.9. The minimum absolute atomic E-state index is 0.0676. The normalized spacial score (nSPS) is 15.3. The summed E-state index contributed by atoms with van der Waals surface area (Å²) in [6.45, 7) is 8.60. The number of piperazine rings is 1. The van der Waals surface area contributed by atoms with Crippen molar-refractivity contribution in [2.24, 2.45) is 0 Å². The van der Waals surface area contributed by atoms with E-state index in [2.05, 4.69) is 49.1 Å². The Morgan fingerprint density at radius 1 is 1.00 bits per heavy atom. The fourth-order valence-electron chi connectivity index (χ4n) is 3.40. The maximum Gasteiger partial charge on any atom is 0.260 e. The van der Waals surface area contributed by atoms with Crippen molar-refractivity contribution in [1.29, 1.82) is 0 Å². The molecule has 1 amide bonds. The maximum atomic E-state index is 12.5. The van der Waals surface area contributed by atoms with Gasteiger partial charge in [0, 0.05) is 32.7 Å². The summed E-state index contributed by atoms with van der Waals surface area (Å²) in [7, 11) is 0. The number of benzene rings is 2. The molecule has 1 aliphatic heterocycles. The first-order valence-corrected chi connectivity index (χ1v) is 10.1. The summed E-state index contributed by atoms with van der Waals surface area (Å²) >= 11 is 0. The smallest absolute Gasteiger partial charge is 0.260 e. The molecule has 4 heteroatoms. The van der Waals surface area contributed by atoms with E-state index in [1.54, 1.807) is 0 Å². The lowest BCUT2D eigenvalue weighted by Gasteiger charge is -2.34. The average Bonchev–Trinajstić information content (AvgIpc) is 2.73. The maximum absolute atomic E-state index is 12.5. The Morgan fingerprint density at radius 2 is 1.68 bits per heavy atom. The highest BCUT2D eigenvalue weighted by atomic mass is 16.5. The summed E-state index contributed by atoms with van der Waals surface area (Å²) in [6.07, 6.45) is 4.34. The first-order valence-electron chi connectivity index (χ1n) is 10.1. The second kappa shape index (κ2) is 10.1. The molecule has 1 aliphatic rings. The molecule has 1 saturated heterocycles. The van der Waals surface area contributed by atoms with Gasteiger partial charge in [0.1, 0.15) is 5.75 Å². The number of carbonyl (C=O) groups excluding carboxylic acids is 1. The molecule has 0 unspecified atom stereocenters. The molecule has 4 nitrogen and oxygen atoms in total. The van der Waals surface area contributed by atoms with Gasteiger partial charge < -0.3 is 9.64 Å². The van der Waals surface area contributed by atoms with E-state index < -0.39 is 0 Å². The predicted octanol–water partition coefficient (Wildman–Crippen LogP) is 4.05. The molecule has 0 aromatic heterocycles. The fourth-order valence-corrected chi connectivity index (χ4v) is 3.40. The van der Waals surface area contributed by atoms with Gasteiger partial charge in [0.05, 0.1) is 0 Å². The van der Waals surface area contributed by atoms with Crippen LogP contribution in [0.2, 0.25) is 0 Å². The number of carbonyl (C=O) groups is 1. The Bertz CT molecular complexity index is 778. The van der Waals surface area contributed by atoms with Crippen LogP contribution < -0.4 is 4.74 Å². The summed E-state index contributed by atoms with van der Waals surface area (Å²) in [5, 5.41) is 0. The first-order chi connectivity index (χ1) is 13.6. The van der Waals surface area contributed by atoms with Crippen molar-refractivity contribution in [3.05, 3.63) is 71.8 Å². The molecule has 1 heterocycles. The van der Waals surface area contributed by atoms with Crippen molar-refractivity contribution in [2.45, 2.75) is 19.8 Å². The van der Waals surface area contributed by atoms with Gasteiger partial charge in [0.15, 0.2) is 6.61 Å². The third-order valence-corrected chi connectivity index (χ3v) is 5.09. The van der Waals surface area contributed by atoms with Crippen LogP contribution in [0.15, 0.2) is 60.7 Å². The van der Waals surface area contributed by atoms with Crippen molar-refractivity contribution in [3.8, 4) is 5.75 Å². The lowest BCUT2D eigenvalue weighted by molar-refractivity contribution is -0.135. The Balaban J connectivity index is 1.42. The first kappa shape index (κ1) is 20.2. The highest BCUT2D eigenvalue weighted by molar-refractivity contribution is 5.78. The number of para-hydroxylation sites is 1. The van der Waals surface area contributed by atoms with Crippen molar-refractivity contribution in [2.75, 3.05) is 39.3 Å². The van der Waals surface area contributed by atoms with E-state index in [9.17, 15) is 4.79 Å². The molecule has 1 fully saturated rings. The summed E-state index contributed by atoms with van der Waals surface area (Å²) in [5.41, 5.74) is 2.36. The molecule has 0 bridgehead atoms. The highest BCUT2D eigenvalue weighted by Gasteiger charge is 2.21. The molecular weight excluding hydrogens is 348 g/mol. The number of amides is 1. The molecule has 0 radical (unpaired) electrons. The second-order valence-corrected chi connectivity index (χ2v) is 7.48. The summed E-state index contributed by atoms with van der Waals surface area (Å²) < 4.78 is 5.84. The standard InChI is InChI=1S/C24H30N2O2/c1-20(2)22-12-6-7-13-23(22)28-19-24(27)26-17-15-25(16-18-26)14-8-11-21-9-4-3-5-10-21/h3-13,20H,14-19H2,1-2H3/b11-8+. The largest absolute Gasteiger partial charge is 0.483 e. The third kappa shape index (κ3) is 5.70. The Kier molecular flexibility index (Phi) is 7.26. The summed E-state index contributed by atoms with van der Waals surface area (Å²) in [5.74, 6) is 1.26. The van der Waals surface area contributed by atoms with E-state index in [0.717, 1.165) is 44.0 Å². The molecule has 2 aromatic rings. The van der Waals surface area contributed by atoms with Gasteiger partial charge >= 0.3 is 0 Å². The fraction of sp³-hybridized carbons (Fsp3) is 0.375. The van der Waals surface area contributed by atoms with Crippen LogP contribution in [0.25, 0.3) is 6.08 Å². The molecule has 0 saturated carbocycles. The van der Waals surface area contributed by atoms with Crippen LogP contribution in [0.4, 0.5) is 0 Å². The van der Waals surface area contributed by atoms with Crippen LogP contribution in [-0.2, 0) is 4.79 Å². The average molecular weight is 379 g/mol. The number of nitrogens with zero attached hydrogens (tertiary/aromatic N) is 2. The van der Waals surface area contributed by atoms with E-state index in [1.807, 2.05) is 41.3 Å². The number of hydrogen-bond acceptors (Lipinski definition) is 3. The monoisotopic (exact) mass is 378 g/mol. The van der Waals surface area contributed by atoms with E-state index in [4.69, 9.17) is 4.74 Å². The van der Waals surface area contributed by atoms with E-state index >= 15 is 0 Å². The Morgan fingerprint density at radius 3 is 2.39 bits per heavy atom. The van der Waals surface area contributed by atoms with Crippen molar-refractivity contribution >= 4 is 12.0 Å². The van der Waals surface area contributed by atoms with Gasteiger partial charge in [-0.25, -0.2) is 0 Å². The third-order valence-electron chi connectivity index (χ3n) is 5.09. The summed E-state index contributed by atoms with van der Waals surface area (Å²) in [4.78, 5) is 16.8. The van der Waals surface area contributed by atoms with Crippen LogP contribution >= 0.6 is 0 Å². The summed E-state index contributed by atoms with van der Waals surface area (Å²) in [6, 6.07) is 18.3. The van der Waals surface area contributed by atoms with Crippen LogP contribution in [0, 0.1) is 0 Å². The van der Waals surface area contributed by atoms with Crippen LogP contribution in [0.1, 0.15) is 30.9 Å². The van der Waals surface area contributed by atoms with Gasteiger partial charge in [0.25, 0.3) is 5.91 Å². The molecule has 148 valence electrons. The van der Waals surface area contributed by atoms with Crippen molar-refractivity contribution in [1.82, 2.24) is 9.80 Å². The molecule has 3 rings (SSSR count). The van der Waals surface area contributed by atoms with Crippen LogP contribution in [-0.4, -0.2) is 55.0 Å². The Labute approximate surface area is 168 Å². The minimum atomic E-state index is 0.0676. The molecule has 0 spiro atoms. The number of rotatable bonds is 7. The van der Waals surface area contributed by atoms with Gasteiger partial charge in [-0.3, -0.25) is 9.69 Å². The van der Waals surface area contributed by atoms with Gasteiger partial charge in [-0.05, 0) is 23.1 Å². The highest BCUT2D eigenvalue weighted by Crippen LogP contribution is 2.25. The SMILES string of the molecule is CC(C)c1ccccc1OCC(=O)N1CCN(C/C=C/c2ccccc2)CC1. The second-order valence-electron chi connectivity index (χ2n) is 7.48. The van der Waals surface area contributed by atoms with Crippen molar-refractivity contribution in [3.63, 3.8) is 0 Å². The zero-order chi connectivity index (χ0) is 19.8. The molecule has 0 N–H and O–H groups in total.